The number of carbonyl (C=O) groups is 1. The minimum Gasteiger partial charge on any atom is -0.394 e. The third-order valence-corrected chi connectivity index (χ3v) is 2.83. The molecule has 18 heavy (non-hydrogen) atoms. The Morgan fingerprint density at radius 1 is 1.39 bits per heavy atom. The minimum absolute atomic E-state index is 0.0838. The maximum Gasteiger partial charge on any atom is 0.237 e. The van der Waals surface area contributed by atoms with Crippen LogP contribution in [0, 0.1) is 0 Å². The van der Waals surface area contributed by atoms with Gasteiger partial charge in [-0.2, -0.15) is 0 Å². The molecule has 1 rings (SSSR count). The maximum absolute atomic E-state index is 11.7. The molecule has 0 radical (unpaired) electrons. The van der Waals surface area contributed by atoms with Gasteiger partial charge in [0.25, 0.3) is 0 Å². The predicted octanol–water partition coefficient (Wildman–Crippen LogP) is 0.834. The van der Waals surface area contributed by atoms with Crippen LogP contribution in [0.5, 0.6) is 0 Å². The van der Waals surface area contributed by atoms with Gasteiger partial charge in [0, 0.05) is 0 Å². The van der Waals surface area contributed by atoms with Crippen molar-refractivity contribution in [2.45, 2.75) is 38.3 Å². The van der Waals surface area contributed by atoms with Crippen molar-refractivity contribution < 1.29 is 9.90 Å². The molecule has 4 heteroatoms. The summed E-state index contributed by atoms with van der Waals surface area (Å²) in [6.07, 6.45) is 2.15. The van der Waals surface area contributed by atoms with E-state index < -0.39 is 6.04 Å². The number of rotatable bonds is 7. The molecular formula is C14H22N2O2. The highest BCUT2D eigenvalue weighted by Gasteiger charge is 2.17. The van der Waals surface area contributed by atoms with Crippen molar-refractivity contribution in [3.8, 4) is 0 Å². The summed E-state index contributed by atoms with van der Waals surface area (Å²) in [5.41, 5.74) is 6.81. The number of amides is 1. The summed E-state index contributed by atoms with van der Waals surface area (Å²) in [7, 11) is 0. The lowest BCUT2D eigenvalue weighted by atomic mass is 10.1. The molecule has 1 amide bonds. The average molecular weight is 250 g/mol. The van der Waals surface area contributed by atoms with E-state index in [2.05, 4.69) is 5.32 Å². The summed E-state index contributed by atoms with van der Waals surface area (Å²) in [6.45, 7) is 1.90. The minimum atomic E-state index is -0.486. The SMILES string of the molecule is CCCC(N)C(=O)N[C@@H](CO)Cc1ccccc1. The zero-order valence-corrected chi connectivity index (χ0v) is 10.8. The van der Waals surface area contributed by atoms with Gasteiger partial charge in [0.15, 0.2) is 0 Å². The van der Waals surface area contributed by atoms with Gasteiger partial charge >= 0.3 is 0 Å². The number of benzene rings is 1. The fourth-order valence-electron chi connectivity index (χ4n) is 1.81. The first-order chi connectivity index (χ1) is 8.67. The summed E-state index contributed by atoms with van der Waals surface area (Å²) >= 11 is 0. The van der Waals surface area contributed by atoms with Crippen LogP contribution in [-0.2, 0) is 11.2 Å². The Morgan fingerprint density at radius 2 is 2.06 bits per heavy atom. The van der Waals surface area contributed by atoms with Crippen molar-refractivity contribution in [3.05, 3.63) is 35.9 Å². The van der Waals surface area contributed by atoms with Crippen LogP contribution in [0.1, 0.15) is 25.3 Å². The number of aliphatic hydroxyl groups is 1. The number of hydrogen-bond donors (Lipinski definition) is 3. The second-order valence-electron chi connectivity index (χ2n) is 4.47. The third kappa shape index (κ3) is 4.85. The Labute approximate surface area is 108 Å². The lowest BCUT2D eigenvalue weighted by molar-refractivity contribution is -0.123. The summed E-state index contributed by atoms with van der Waals surface area (Å²) in [5, 5.41) is 12.1. The van der Waals surface area contributed by atoms with Gasteiger partial charge in [-0.1, -0.05) is 43.7 Å². The molecule has 0 spiro atoms. The van der Waals surface area contributed by atoms with E-state index in [1.54, 1.807) is 0 Å². The van der Waals surface area contributed by atoms with Crippen LogP contribution in [-0.4, -0.2) is 29.7 Å². The first kappa shape index (κ1) is 14.7. The van der Waals surface area contributed by atoms with E-state index in [0.29, 0.717) is 12.8 Å². The molecule has 0 aromatic heterocycles. The molecule has 0 bridgehead atoms. The topological polar surface area (TPSA) is 75.4 Å². The Morgan fingerprint density at radius 3 is 2.61 bits per heavy atom. The van der Waals surface area contributed by atoms with Gasteiger partial charge in [-0.15, -0.1) is 0 Å². The number of nitrogens with one attached hydrogen (secondary N) is 1. The van der Waals surface area contributed by atoms with Crippen LogP contribution in [0.3, 0.4) is 0 Å². The second-order valence-corrected chi connectivity index (χ2v) is 4.47. The molecule has 0 aliphatic carbocycles. The van der Waals surface area contributed by atoms with Gasteiger partial charge in [0.05, 0.1) is 18.7 Å². The van der Waals surface area contributed by atoms with Crippen molar-refractivity contribution in [1.82, 2.24) is 5.32 Å². The summed E-state index contributed by atoms with van der Waals surface area (Å²) in [5.74, 6) is -0.188. The average Bonchev–Trinajstić information content (AvgIpc) is 2.39. The fourth-order valence-corrected chi connectivity index (χ4v) is 1.81. The standard InChI is InChI=1S/C14H22N2O2/c1-2-6-13(15)14(18)16-12(10-17)9-11-7-4-3-5-8-11/h3-5,7-8,12-13,17H,2,6,9-10,15H2,1H3,(H,16,18)/t12-,13?/m1/s1. The van der Waals surface area contributed by atoms with Crippen LogP contribution in [0.25, 0.3) is 0 Å². The molecule has 4 N–H and O–H groups in total. The van der Waals surface area contributed by atoms with E-state index in [1.165, 1.54) is 0 Å². The van der Waals surface area contributed by atoms with Gasteiger partial charge in [0.2, 0.25) is 5.91 Å². The highest BCUT2D eigenvalue weighted by Crippen LogP contribution is 2.03. The number of nitrogens with two attached hydrogens (primary N) is 1. The fraction of sp³-hybridized carbons (Fsp3) is 0.500. The smallest absolute Gasteiger partial charge is 0.237 e. The number of aliphatic hydroxyl groups excluding tert-OH is 1. The Balaban J connectivity index is 2.49. The van der Waals surface area contributed by atoms with Crippen LogP contribution in [0.2, 0.25) is 0 Å². The van der Waals surface area contributed by atoms with E-state index in [0.717, 1.165) is 12.0 Å². The first-order valence-corrected chi connectivity index (χ1v) is 6.38. The van der Waals surface area contributed by atoms with Crippen LogP contribution < -0.4 is 11.1 Å². The monoisotopic (exact) mass is 250 g/mol. The molecule has 1 aromatic carbocycles. The summed E-state index contributed by atoms with van der Waals surface area (Å²) in [6, 6.07) is 9.00. The van der Waals surface area contributed by atoms with Crippen molar-refractivity contribution in [2.75, 3.05) is 6.61 Å². The molecule has 0 aliphatic heterocycles. The lowest BCUT2D eigenvalue weighted by Crippen LogP contribution is -2.47. The largest absolute Gasteiger partial charge is 0.394 e. The molecule has 0 heterocycles. The molecule has 1 unspecified atom stereocenters. The van der Waals surface area contributed by atoms with Crippen molar-refractivity contribution >= 4 is 5.91 Å². The quantitative estimate of drug-likeness (QED) is 0.671. The van der Waals surface area contributed by atoms with E-state index in [9.17, 15) is 9.90 Å². The van der Waals surface area contributed by atoms with Gasteiger partial charge in [-0.25, -0.2) is 0 Å². The second kappa shape index (κ2) is 7.84. The van der Waals surface area contributed by atoms with Crippen molar-refractivity contribution in [1.29, 1.82) is 0 Å². The summed E-state index contributed by atoms with van der Waals surface area (Å²) in [4.78, 5) is 11.7. The van der Waals surface area contributed by atoms with E-state index in [1.807, 2.05) is 37.3 Å². The Hall–Kier alpha value is -1.39. The molecule has 0 saturated carbocycles. The molecule has 1 aromatic rings. The normalized spacial score (nSPS) is 13.9. The van der Waals surface area contributed by atoms with Gasteiger partial charge in [-0.05, 0) is 18.4 Å². The zero-order chi connectivity index (χ0) is 13.4. The van der Waals surface area contributed by atoms with Gasteiger partial charge < -0.3 is 16.2 Å². The van der Waals surface area contributed by atoms with Crippen molar-refractivity contribution in [2.24, 2.45) is 5.73 Å². The predicted molar refractivity (Wildman–Crippen MR) is 72.0 cm³/mol. The van der Waals surface area contributed by atoms with Crippen LogP contribution in [0.4, 0.5) is 0 Å². The number of hydrogen-bond acceptors (Lipinski definition) is 3. The zero-order valence-electron chi connectivity index (χ0n) is 10.8. The Bertz CT molecular complexity index is 354. The molecule has 0 saturated heterocycles. The van der Waals surface area contributed by atoms with Crippen LogP contribution >= 0.6 is 0 Å². The Kier molecular flexibility index (Phi) is 6.39. The molecule has 0 fully saturated rings. The summed E-state index contributed by atoms with van der Waals surface area (Å²) < 4.78 is 0. The van der Waals surface area contributed by atoms with Crippen molar-refractivity contribution in [3.63, 3.8) is 0 Å². The highest BCUT2D eigenvalue weighted by atomic mass is 16.3. The van der Waals surface area contributed by atoms with Gasteiger partial charge in [0.1, 0.15) is 0 Å². The highest BCUT2D eigenvalue weighted by molar-refractivity contribution is 5.81. The molecule has 4 nitrogen and oxygen atoms in total. The van der Waals surface area contributed by atoms with E-state index >= 15 is 0 Å². The molecule has 0 aliphatic rings. The number of carbonyl (C=O) groups excluding carboxylic acids is 1. The first-order valence-electron chi connectivity index (χ1n) is 6.38. The van der Waals surface area contributed by atoms with Gasteiger partial charge in [-0.3, -0.25) is 4.79 Å². The molecule has 100 valence electrons. The maximum atomic E-state index is 11.7. The molecule has 2 atom stereocenters. The van der Waals surface area contributed by atoms with Crippen LogP contribution in [0.15, 0.2) is 30.3 Å². The van der Waals surface area contributed by atoms with E-state index in [4.69, 9.17) is 5.73 Å². The van der Waals surface area contributed by atoms with E-state index in [-0.39, 0.29) is 18.6 Å². The molecular weight excluding hydrogens is 228 g/mol. The lowest BCUT2D eigenvalue weighted by Gasteiger charge is -2.19. The third-order valence-electron chi connectivity index (χ3n) is 2.83.